The van der Waals surface area contributed by atoms with Gasteiger partial charge in [0.05, 0.1) is 6.61 Å². The molecule has 17 heavy (non-hydrogen) atoms. The van der Waals surface area contributed by atoms with Crippen LogP contribution in [0, 0.1) is 0 Å². The van der Waals surface area contributed by atoms with Crippen molar-refractivity contribution in [3.63, 3.8) is 0 Å². The number of urea groups is 1. The average Bonchev–Trinajstić information content (AvgIpc) is 2.57. The predicted octanol–water partition coefficient (Wildman–Crippen LogP) is 0.710. The molecule has 1 aliphatic rings. The van der Waals surface area contributed by atoms with Crippen LogP contribution in [0.3, 0.4) is 0 Å². The van der Waals surface area contributed by atoms with Crippen molar-refractivity contribution in [3.05, 3.63) is 35.9 Å². The summed E-state index contributed by atoms with van der Waals surface area (Å²) in [4.78, 5) is 24.9. The molecule has 1 atom stereocenters. The van der Waals surface area contributed by atoms with E-state index in [1.165, 1.54) is 14.2 Å². The van der Waals surface area contributed by atoms with Gasteiger partial charge in [0.2, 0.25) is 0 Å². The lowest BCUT2D eigenvalue weighted by molar-refractivity contribution is -0.132. The fourth-order valence-electron chi connectivity index (χ4n) is 2.01. The molecule has 1 aromatic carbocycles. The average molecular weight is 234 g/mol. The van der Waals surface area contributed by atoms with E-state index in [1.54, 1.807) is 12.1 Å². The molecule has 5 nitrogen and oxygen atoms in total. The maximum Gasteiger partial charge on any atom is 0.325 e. The van der Waals surface area contributed by atoms with Gasteiger partial charge in [-0.2, -0.15) is 0 Å². The Balaban J connectivity index is 2.48. The first-order valence-electron chi connectivity index (χ1n) is 5.26. The summed E-state index contributed by atoms with van der Waals surface area (Å²) < 4.78 is 5.09. The van der Waals surface area contributed by atoms with E-state index in [9.17, 15) is 9.59 Å². The largest absolute Gasteiger partial charge is 0.381 e. The number of nitrogens with one attached hydrogen (secondary N) is 1. The Morgan fingerprint density at radius 3 is 2.41 bits per heavy atom. The number of rotatable bonds is 3. The van der Waals surface area contributed by atoms with Gasteiger partial charge in [-0.25, -0.2) is 4.79 Å². The molecule has 1 N–H and O–H groups in total. The Labute approximate surface area is 99.4 Å². The number of amides is 3. The van der Waals surface area contributed by atoms with Crippen LogP contribution in [0.4, 0.5) is 4.79 Å². The van der Waals surface area contributed by atoms with Gasteiger partial charge in [-0.15, -0.1) is 0 Å². The minimum atomic E-state index is -1.10. The van der Waals surface area contributed by atoms with Gasteiger partial charge in [0.15, 0.2) is 5.54 Å². The fourth-order valence-corrected chi connectivity index (χ4v) is 2.01. The molecule has 0 aliphatic carbocycles. The molecule has 3 amide bonds. The van der Waals surface area contributed by atoms with Crippen molar-refractivity contribution < 1.29 is 14.3 Å². The fraction of sp³-hybridized carbons (Fsp3) is 0.333. The summed E-state index contributed by atoms with van der Waals surface area (Å²) in [5.41, 5.74) is -0.369. The van der Waals surface area contributed by atoms with Gasteiger partial charge < -0.3 is 10.1 Å². The highest BCUT2D eigenvalue weighted by Gasteiger charge is 2.51. The van der Waals surface area contributed by atoms with Gasteiger partial charge in [0, 0.05) is 14.2 Å². The van der Waals surface area contributed by atoms with E-state index in [0.717, 1.165) is 10.5 Å². The van der Waals surface area contributed by atoms with Crippen molar-refractivity contribution in [3.8, 4) is 0 Å². The molecule has 1 fully saturated rings. The van der Waals surface area contributed by atoms with E-state index in [-0.39, 0.29) is 12.5 Å². The first kappa shape index (κ1) is 11.6. The van der Waals surface area contributed by atoms with E-state index in [1.807, 2.05) is 18.2 Å². The maximum atomic E-state index is 12.2. The Kier molecular flexibility index (Phi) is 2.85. The Bertz CT molecular complexity index is 446. The summed E-state index contributed by atoms with van der Waals surface area (Å²) >= 11 is 0. The number of hydrogen-bond acceptors (Lipinski definition) is 3. The van der Waals surface area contributed by atoms with Gasteiger partial charge in [-0.3, -0.25) is 9.69 Å². The first-order chi connectivity index (χ1) is 8.12. The molecule has 0 radical (unpaired) electrons. The van der Waals surface area contributed by atoms with Crippen LogP contribution in [-0.4, -0.2) is 37.6 Å². The number of carbonyl (C=O) groups excluding carboxylic acids is 2. The third-order valence-electron chi connectivity index (χ3n) is 2.92. The lowest BCUT2D eigenvalue weighted by Gasteiger charge is -2.25. The van der Waals surface area contributed by atoms with Crippen molar-refractivity contribution in [1.82, 2.24) is 10.2 Å². The number of imide groups is 1. The molecule has 2 rings (SSSR count). The van der Waals surface area contributed by atoms with Gasteiger partial charge in [0.1, 0.15) is 0 Å². The van der Waals surface area contributed by atoms with Crippen LogP contribution in [0.25, 0.3) is 0 Å². The number of benzene rings is 1. The zero-order chi connectivity index (χ0) is 12.5. The maximum absolute atomic E-state index is 12.2. The van der Waals surface area contributed by atoms with E-state index in [4.69, 9.17) is 4.74 Å². The molecular formula is C12H14N2O3. The van der Waals surface area contributed by atoms with Gasteiger partial charge in [-0.05, 0) is 5.56 Å². The summed E-state index contributed by atoms with van der Waals surface area (Å²) in [7, 11) is 2.96. The second-order valence-corrected chi connectivity index (χ2v) is 4.00. The third kappa shape index (κ3) is 1.68. The van der Waals surface area contributed by atoms with E-state index < -0.39 is 11.6 Å². The van der Waals surface area contributed by atoms with E-state index in [0.29, 0.717) is 0 Å². The van der Waals surface area contributed by atoms with Crippen molar-refractivity contribution in [1.29, 1.82) is 0 Å². The Morgan fingerprint density at radius 2 is 1.94 bits per heavy atom. The highest BCUT2D eigenvalue weighted by molar-refractivity contribution is 6.07. The van der Waals surface area contributed by atoms with Gasteiger partial charge in [0.25, 0.3) is 5.91 Å². The van der Waals surface area contributed by atoms with Crippen LogP contribution >= 0.6 is 0 Å². The molecule has 1 saturated heterocycles. The van der Waals surface area contributed by atoms with Crippen molar-refractivity contribution >= 4 is 11.9 Å². The molecule has 5 heteroatoms. The molecule has 1 aliphatic heterocycles. The zero-order valence-corrected chi connectivity index (χ0v) is 9.77. The van der Waals surface area contributed by atoms with Crippen LogP contribution in [-0.2, 0) is 15.1 Å². The molecule has 1 heterocycles. The summed E-state index contributed by atoms with van der Waals surface area (Å²) in [5.74, 6) is -0.296. The van der Waals surface area contributed by atoms with Crippen LogP contribution in [0.2, 0.25) is 0 Å². The molecule has 0 bridgehead atoms. The van der Waals surface area contributed by atoms with Gasteiger partial charge >= 0.3 is 6.03 Å². The van der Waals surface area contributed by atoms with Crippen molar-refractivity contribution in [2.45, 2.75) is 5.54 Å². The number of carbonyl (C=O) groups is 2. The van der Waals surface area contributed by atoms with E-state index in [2.05, 4.69) is 5.32 Å². The second-order valence-electron chi connectivity index (χ2n) is 4.00. The molecule has 0 aromatic heterocycles. The van der Waals surface area contributed by atoms with Crippen molar-refractivity contribution in [2.24, 2.45) is 0 Å². The highest BCUT2D eigenvalue weighted by Crippen LogP contribution is 2.28. The standard InChI is InChI=1S/C12H14N2O3/c1-14-10(15)12(8-17-2,13-11(14)16)9-6-4-3-5-7-9/h3-7H,8H2,1-2H3,(H,13,16). The summed E-state index contributed by atoms with van der Waals surface area (Å²) in [6, 6.07) is 8.70. The smallest absolute Gasteiger partial charge is 0.325 e. The summed E-state index contributed by atoms with van der Waals surface area (Å²) in [6.07, 6.45) is 0. The number of likely N-dealkylation sites (N-methyl/N-ethyl adjacent to an activating group) is 1. The number of methoxy groups -OCH3 is 1. The first-order valence-corrected chi connectivity index (χ1v) is 5.26. The van der Waals surface area contributed by atoms with Crippen LogP contribution in [0.15, 0.2) is 30.3 Å². The molecule has 1 aromatic rings. The normalized spacial score (nSPS) is 24.0. The zero-order valence-electron chi connectivity index (χ0n) is 9.77. The topological polar surface area (TPSA) is 58.6 Å². The Hall–Kier alpha value is -1.88. The van der Waals surface area contributed by atoms with Crippen LogP contribution in [0.1, 0.15) is 5.56 Å². The lowest BCUT2D eigenvalue weighted by atomic mass is 9.91. The Morgan fingerprint density at radius 1 is 1.29 bits per heavy atom. The van der Waals surface area contributed by atoms with Crippen LogP contribution < -0.4 is 5.32 Å². The lowest BCUT2D eigenvalue weighted by Crippen LogP contribution is -2.47. The number of hydrogen-bond donors (Lipinski definition) is 1. The predicted molar refractivity (Wildman–Crippen MR) is 61.3 cm³/mol. The van der Waals surface area contributed by atoms with Gasteiger partial charge in [-0.1, -0.05) is 30.3 Å². The van der Waals surface area contributed by atoms with Crippen molar-refractivity contribution in [2.75, 3.05) is 20.8 Å². The molecule has 1 unspecified atom stereocenters. The third-order valence-corrected chi connectivity index (χ3v) is 2.92. The molecular weight excluding hydrogens is 220 g/mol. The highest BCUT2D eigenvalue weighted by atomic mass is 16.5. The molecule has 0 spiro atoms. The summed E-state index contributed by atoms with van der Waals surface area (Å²) in [6.45, 7) is 0.117. The number of ether oxygens (including phenoxy) is 1. The minimum absolute atomic E-state index is 0.117. The SMILES string of the molecule is COCC1(c2ccccc2)NC(=O)N(C)C1=O. The second kappa shape index (κ2) is 4.18. The molecule has 0 saturated carbocycles. The quantitative estimate of drug-likeness (QED) is 0.783. The van der Waals surface area contributed by atoms with E-state index >= 15 is 0 Å². The summed E-state index contributed by atoms with van der Waals surface area (Å²) in [5, 5.41) is 2.70. The minimum Gasteiger partial charge on any atom is -0.381 e. The monoisotopic (exact) mass is 234 g/mol. The molecule has 90 valence electrons. The van der Waals surface area contributed by atoms with Crippen LogP contribution in [0.5, 0.6) is 0 Å². The number of nitrogens with zero attached hydrogens (tertiary/aromatic N) is 1.